The van der Waals surface area contributed by atoms with Crippen molar-refractivity contribution in [3.05, 3.63) is 35.1 Å². The average molecular weight is 277 g/mol. The highest BCUT2D eigenvalue weighted by molar-refractivity contribution is 5.82. The second-order valence-corrected chi connectivity index (χ2v) is 5.65. The normalized spacial score (nSPS) is 26.4. The Kier molecular flexibility index (Phi) is 3.72. The van der Waals surface area contributed by atoms with Crippen molar-refractivity contribution in [2.45, 2.75) is 32.0 Å². The Bertz CT molecular complexity index is 520. The fourth-order valence-electron chi connectivity index (χ4n) is 3.39. The molecule has 0 aromatic heterocycles. The molecule has 108 valence electrons. The van der Waals surface area contributed by atoms with Gasteiger partial charge in [-0.25, -0.2) is 4.39 Å². The number of fused-ring (bicyclic) bond motifs is 1. The predicted octanol–water partition coefficient (Wildman–Crippen LogP) is 0.995. The molecule has 2 unspecified atom stereocenters. The first kappa shape index (κ1) is 13.5. The summed E-state index contributed by atoms with van der Waals surface area (Å²) >= 11 is 0. The fourth-order valence-corrected chi connectivity index (χ4v) is 3.39. The Balaban J connectivity index is 1.79. The number of amides is 1. The Morgan fingerprint density at radius 1 is 1.40 bits per heavy atom. The lowest BCUT2D eigenvalue weighted by atomic mass is 9.91. The summed E-state index contributed by atoms with van der Waals surface area (Å²) in [6, 6.07) is 5.07. The molecule has 1 aromatic carbocycles. The molecule has 5 heteroatoms. The predicted molar refractivity (Wildman–Crippen MR) is 74.2 cm³/mol. The molecule has 20 heavy (non-hydrogen) atoms. The molecule has 2 aliphatic heterocycles. The van der Waals surface area contributed by atoms with E-state index < -0.39 is 0 Å². The molecule has 4 nitrogen and oxygen atoms in total. The van der Waals surface area contributed by atoms with Crippen molar-refractivity contribution in [3.8, 4) is 0 Å². The zero-order valence-electron chi connectivity index (χ0n) is 11.4. The van der Waals surface area contributed by atoms with Gasteiger partial charge in [0.15, 0.2) is 0 Å². The first-order valence-electron chi connectivity index (χ1n) is 7.18. The third-order valence-corrected chi connectivity index (χ3v) is 4.48. The highest BCUT2D eigenvalue weighted by atomic mass is 19.1. The molecule has 1 amide bonds. The number of likely N-dealkylation sites (tertiary alicyclic amines) is 1. The number of piperidine rings is 1. The van der Waals surface area contributed by atoms with Gasteiger partial charge in [0.25, 0.3) is 0 Å². The van der Waals surface area contributed by atoms with Gasteiger partial charge in [-0.15, -0.1) is 0 Å². The van der Waals surface area contributed by atoms with Crippen LogP contribution in [0.25, 0.3) is 0 Å². The number of hydrogen-bond donors (Lipinski definition) is 2. The minimum atomic E-state index is -0.247. The van der Waals surface area contributed by atoms with Crippen LogP contribution < -0.4 is 11.1 Å². The van der Waals surface area contributed by atoms with E-state index in [0.29, 0.717) is 6.54 Å². The molecule has 0 bridgehead atoms. The number of nitrogens with zero attached hydrogens (tertiary/aromatic N) is 1. The molecule has 3 rings (SSSR count). The maximum Gasteiger partial charge on any atom is 0.224 e. The summed E-state index contributed by atoms with van der Waals surface area (Å²) in [7, 11) is 0. The van der Waals surface area contributed by atoms with E-state index in [1.165, 1.54) is 12.1 Å². The maximum absolute atomic E-state index is 13.3. The summed E-state index contributed by atoms with van der Waals surface area (Å²) in [5, 5.41) is 2.95. The van der Waals surface area contributed by atoms with Crippen LogP contribution in [0, 0.1) is 11.7 Å². The van der Waals surface area contributed by atoms with Crippen molar-refractivity contribution >= 4 is 5.91 Å². The van der Waals surface area contributed by atoms with Crippen LogP contribution in [0.15, 0.2) is 18.2 Å². The highest BCUT2D eigenvalue weighted by Crippen LogP contribution is 2.29. The van der Waals surface area contributed by atoms with Crippen LogP contribution >= 0.6 is 0 Å². The summed E-state index contributed by atoms with van der Waals surface area (Å²) < 4.78 is 13.3. The quantitative estimate of drug-likeness (QED) is 0.866. The Morgan fingerprint density at radius 2 is 2.25 bits per heavy atom. The van der Waals surface area contributed by atoms with Crippen molar-refractivity contribution in [3.63, 3.8) is 0 Å². The fraction of sp³-hybridized carbons (Fsp3) is 0.533. The van der Waals surface area contributed by atoms with Gasteiger partial charge in [-0.3, -0.25) is 9.69 Å². The summed E-state index contributed by atoms with van der Waals surface area (Å²) in [4.78, 5) is 14.1. The van der Waals surface area contributed by atoms with Crippen LogP contribution in [-0.4, -0.2) is 29.9 Å². The Morgan fingerprint density at radius 3 is 3.05 bits per heavy atom. The molecule has 0 aliphatic carbocycles. The molecular weight excluding hydrogens is 257 g/mol. The third-order valence-electron chi connectivity index (χ3n) is 4.48. The largest absolute Gasteiger partial charge is 0.354 e. The van der Waals surface area contributed by atoms with E-state index in [-0.39, 0.29) is 23.7 Å². The van der Waals surface area contributed by atoms with Gasteiger partial charge in [-0.05, 0) is 42.6 Å². The van der Waals surface area contributed by atoms with Gasteiger partial charge < -0.3 is 11.1 Å². The van der Waals surface area contributed by atoms with Gasteiger partial charge in [0.05, 0.1) is 5.92 Å². The zero-order chi connectivity index (χ0) is 14.1. The van der Waals surface area contributed by atoms with E-state index in [4.69, 9.17) is 5.73 Å². The van der Waals surface area contributed by atoms with Gasteiger partial charge in [-0.1, -0.05) is 6.07 Å². The average Bonchev–Trinajstić information content (AvgIpc) is 2.84. The lowest BCUT2D eigenvalue weighted by molar-refractivity contribution is -0.124. The third kappa shape index (κ3) is 2.43. The van der Waals surface area contributed by atoms with Crippen LogP contribution in [0.4, 0.5) is 4.39 Å². The van der Waals surface area contributed by atoms with Crippen molar-refractivity contribution in [2.24, 2.45) is 11.7 Å². The van der Waals surface area contributed by atoms with Crippen molar-refractivity contribution < 1.29 is 9.18 Å². The van der Waals surface area contributed by atoms with E-state index in [1.807, 2.05) is 6.07 Å². The van der Waals surface area contributed by atoms with Gasteiger partial charge in [-0.2, -0.15) is 0 Å². The van der Waals surface area contributed by atoms with Gasteiger partial charge >= 0.3 is 0 Å². The molecule has 0 radical (unpaired) electrons. The zero-order valence-corrected chi connectivity index (χ0v) is 11.4. The number of carbonyl (C=O) groups excluding carboxylic acids is 1. The monoisotopic (exact) mass is 277 g/mol. The number of nitrogens with one attached hydrogen (secondary N) is 1. The minimum absolute atomic E-state index is 0.116. The molecule has 3 N–H and O–H groups in total. The van der Waals surface area contributed by atoms with Gasteiger partial charge in [0, 0.05) is 25.7 Å². The summed E-state index contributed by atoms with van der Waals surface area (Å²) in [5.74, 6) is 0.0480. The second kappa shape index (κ2) is 5.50. The Labute approximate surface area is 118 Å². The van der Waals surface area contributed by atoms with Crippen LogP contribution in [0.1, 0.15) is 24.0 Å². The van der Waals surface area contributed by atoms with E-state index in [2.05, 4.69) is 10.2 Å². The summed E-state index contributed by atoms with van der Waals surface area (Å²) in [6.07, 6.45) is 2.01. The lowest BCUT2D eigenvalue weighted by Crippen LogP contribution is -2.45. The van der Waals surface area contributed by atoms with E-state index >= 15 is 0 Å². The molecule has 2 atom stereocenters. The number of hydrogen-bond acceptors (Lipinski definition) is 3. The molecule has 2 fully saturated rings. The summed E-state index contributed by atoms with van der Waals surface area (Å²) in [5.41, 5.74) is 7.62. The highest BCUT2D eigenvalue weighted by Gasteiger charge is 2.40. The SMILES string of the molecule is NCc1cc(F)ccc1CN1CCCC2C(=O)NCC21. The first-order valence-corrected chi connectivity index (χ1v) is 7.18. The minimum Gasteiger partial charge on any atom is -0.354 e. The first-order chi connectivity index (χ1) is 9.69. The molecule has 2 aliphatic rings. The van der Waals surface area contributed by atoms with Gasteiger partial charge in [0.2, 0.25) is 5.91 Å². The standard InChI is InChI=1S/C15H20FN3O/c16-12-4-3-10(11(6-12)7-17)9-19-5-1-2-13-14(19)8-18-15(13)20/h3-4,6,13-14H,1-2,5,7-9,17H2,(H,18,20). The number of nitrogens with two attached hydrogens (primary N) is 1. The van der Waals surface area contributed by atoms with E-state index in [9.17, 15) is 9.18 Å². The molecule has 0 saturated carbocycles. The molecule has 0 spiro atoms. The number of carbonyl (C=O) groups is 1. The topological polar surface area (TPSA) is 58.4 Å². The van der Waals surface area contributed by atoms with Crippen molar-refractivity contribution in [2.75, 3.05) is 13.1 Å². The molecule has 1 aromatic rings. The van der Waals surface area contributed by atoms with Crippen molar-refractivity contribution in [1.29, 1.82) is 0 Å². The van der Waals surface area contributed by atoms with Gasteiger partial charge in [0.1, 0.15) is 5.82 Å². The van der Waals surface area contributed by atoms with E-state index in [1.54, 1.807) is 0 Å². The molecule has 2 saturated heterocycles. The maximum atomic E-state index is 13.3. The lowest BCUT2D eigenvalue weighted by Gasteiger charge is -2.36. The molecular formula is C15H20FN3O. The van der Waals surface area contributed by atoms with Crippen LogP contribution in [0.3, 0.4) is 0 Å². The number of halogens is 1. The van der Waals surface area contributed by atoms with Crippen LogP contribution in [-0.2, 0) is 17.9 Å². The van der Waals surface area contributed by atoms with E-state index in [0.717, 1.165) is 43.6 Å². The number of rotatable bonds is 3. The summed E-state index contributed by atoms with van der Waals surface area (Å²) in [6.45, 7) is 2.79. The molecule has 2 heterocycles. The van der Waals surface area contributed by atoms with Crippen LogP contribution in [0.5, 0.6) is 0 Å². The van der Waals surface area contributed by atoms with Crippen molar-refractivity contribution in [1.82, 2.24) is 10.2 Å². The second-order valence-electron chi connectivity index (χ2n) is 5.65. The number of benzene rings is 1. The smallest absolute Gasteiger partial charge is 0.224 e. The Hall–Kier alpha value is -1.46. The van der Waals surface area contributed by atoms with Crippen LogP contribution in [0.2, 0.25) is 0 Å².